The molecule has 0 aromatic heterocycles. The van der Waals surface area contributed by atoms with E-state index in [0.29, 0.717) is 6.42 Å². The Labute approximate surface area is 152 Å². The minimum absolute atomic E-state index is 0.191. The van der Waals surface area contributed by atoms with E-state index in [4.69, 9.17) is 5.11 Å². The van der Waals surface area contributed by atoms with Gasteiger partial charge in [0, 0.05) is 0 Å². The molecular formula is C18H34O6S. The second kappa shape index (κ2) is 15.2. The number of carboxylic acid groups (broad SMARTS) is 1. The van der Waals surface area contributed by atoms with Crippen molar-refractivity contribution in [2.24, 2.45) is 0 Å². The molecule has 148 valence electrons. The van der Waals surface area contributed by atoms with Gasteiger partial charge in [0.05, 0.1) is 18.6 Å². The molecule has 0 bridgehead atoms. The van der Waals surface area contributed by atoms with Crippen molar-refractivity contribution < 1.29 is 27.3 Å². The van der Waals surface area contributed by atoms with Crippen LogP contribution < -0.4 is 0 Å². The lowest BCUT2D eigenvalue weighted by Crippen LogP contribution is -2.17. The first-order chi connectivity index (χ1) is 11.9. The standard InChI is InChI=1S/C18H34O6S/c1-2-3-4-5-6-7-8-9-10-11-12-13-16-25(22,23)24-18(21)15-14-17(19)20/h2-16H2,1H3,(H,19,20). The minimum Gasteiger partial charge on any atom is -0.481 e. The first kappa shape index (κ1) is 23.9. The highest BCUT2D eigenvalue weighted by molar-refractivity contribution is 7.87. The molecule has 0 amide bonds. The van der Waals surface area contributed by atoms with Crippen molar-refractivity contribution in [2.45, 2.75) is 96.8 Å². The maximum absolute atomic E-state index is 11.6. The van der Waals surface area contributed by atoms with E-state index in [2.05, 4.69) is 11.1 Å². The Balaban J connectivity index is 3.51. The molecule has 0 saturated carbocycles. The molecule has 0 radical (unpaired) electrons. The molecule has 0 spiro atoms. The van der Waals surface area contributed by atoms with Gasteiger partial charge in [-0.2, -0.15) is 8.42 Å². The lowest BCUT2D eigenvalue weighted by Gasteiger charge is -2.05. The van der Waals surface area contributed by atoms with E-state index < -0.39 is 34.9 Å². The Morgan fingerprint density at radius 2 is 1.20 bits per heavy atom. The summed E-state index contributed by atoms with van der Waals surface area (Å²) in [6.07, 6.45) is 12.8. The molecule has 7 heteroatoms. The molecule has 6 nitrogen and oxygen atoms in total. The van der Waals surface area contributed by atoms with Crippen LogP contribution in [0.3, 0.4) is 0 Å². The molecular weight excluding hydrogens is 344 g/mol. The molecule has 0 aromatic rings. The monoisotopic (exact) mass is 378 g/mol. The Morgan fingerprint density at radius 3 is 1.64 bits per heavy atom. The van der Waals surface area contributed by atoms with Gasteiger partial charge in [-0.3, -0.25) is 9.59 Å². The van der Waals surface area contributed by atoms with E-state index in [9.17, 15) is 18.0 Å². The first-order valence-electron chi connectivity index (χ1n) is 9.54. The summed E-state index contributed by atoms with van der Waals surface area (Å²) in [5.41, 5.74) is 0. The lowest BCUT2D eigenvalue weighted by atomic mass is 10.1. The van der Waals surface area contributed by atoms with Gasteiger partial charge in [0.25, 0.3) is 0 Å². The number of carboxylic acids is 1. The van der Waals surface area contributed by atoms with Crippen LogP contribution in [0.4, 0.5) is 0 Å². The Bertz CT molecular complexity index is 458. The van der Waals surface area contributed by atoms with Crippen LogP contribution in [0.1, 0.15) is 96.8 Å². The number of carbonyl (C=O) groups excluding carboxylic acids is 1. The van der Waals surface area contributed by atoms with Crippen LogP contribution in [-0.2, 0) is 23.9 Å². The normalized spacial score (nSPS) is 11.4. The smallest absolute Gasteiger partial charge is 0.322 e. The van der Waals surface area contributed by atoms with Crippen LogP contribution in [0.2, 0.25) is 0 Å². The quantitative estimate of drug-likeness (QED) is 0.297. The fourth-order valence-electron chi connectivity index (χ4n) is 2.55. The number of hydrogen-bond donors (Lipinski definition) is 1. The van der Waals surface area contributed by atoms with E-state index in [0.717, 1.165) is 19.3 Å². The van der Waals surface area contributed by atoms with Gasteiger partial charge in [0.15, 0.2) is 0 Å². The topological polar surface area (TPSA) is 97.7 Å². The summed E-state index contributed by atoms with van der Waals surface area (Å²) in [4.78, 5) is 21.5. The van der Waals surface area contributed by atoms with Gasteiger partial charge in [-0.1, -0.05) is 77.6 Å². The zero-order valence-electron chi connectivity index (χ0n) is 15.5. The fraction of sp³-hybridized carbons (Fsp3) is 0.889. The van der Waals surface area contributed by atoms with Crippen molar-refractivity contribution in [3.05, 3.63) is 0 Å². The van der Waals surface area contributed by atoms with E-state index in [-0.39, 0.29) is 5.75 Å². The maximum atomic E-state index is 11.6. The highest BCUT2D eigenvalue weighted by Crippen LogP contribution is 2.12. The van der Waals surface area contributed by atoms with Crippen molar-refractivity contribution in [2.75, 3.05) is 5.75 Å². The number of hydrogen-bond acceptors (Lipinski definition) is 5. The zero-order chi connectivity index (χ0) is 19.0. The van der Waals surface area contributed by atoms with Crippen molar-refractivity contribution in [3.63, 3.8) is 0 Å². The first-order valence-corrected chi connectivity index (χ1v) is 11.1. The number of aliphatic carboxylic acids is 1. The van der Waals surface area contributed by atoms with Gasteiger partial charge >= 0.3 is 22.1 Å². The summed E-state index contributed by atoms with van der Waals surface area (Å²) >= 11 is 0. The zero-order valence-corrected chi connectivity index (χ0v) is 16.3. The van der Waals surface area contributed by atoms with Gasteiger partial charge < -0.3 is 9.29 Å². The van der Waals surface area contributed by atoms with Crippen molar-refractivity contribution in [1.82, 2.24) is 0 Å². The molecule has 0 aliphatic rings. The van der Waals surface area contributed by atoms with Gasteiger partial charge in [-0.25, -0.2) is 0 Å². The highest BCUT2D eigenvalue weighted by Gasteiger charge is 2.17. The fourth-order valence-corrected chi connectivity index (χ4v) is 3.56. The lowest BCUT2D eigenvalue weighted by molar-refractivity contribution is -0.142. The molecule has 0 heterocycles. The van der Waals surface area contributed by atoms with E-state index in [1.54, 1.807) is 0 Å². The SMILES string of the molecule is CCCCCCCCCCCCCCS(=O)(=O)OC(=O)CCC(=O)O. The van der Waals surface area contributed by atoms with Crippen LogP contribution in [-0.4, -0.2) is 31.2 Å². The Morgan fingerprint density at radius 1 is 0.760 bits per heavy atom. The summed E-state index contributed by atoms with van der Waals surface area (Å²) in [7, 11) is -3.88. The Hall–Kier alpha value is -1.11. The number of unbranched alkanes of at least 4 members (excludes halogenated alkanes) is 11. The summed E-state index contributed by atoms with van der Waals surface area (Å²) in [5.74, 6) is -2.35. The molecule has 0 rings (SSSR count). The molecule has 0 aliphatic heterocycles. The molecule has 0 fully saturated rings. The van der Waals surface area contributed by atoms with E-state index >= 15 is 0 Å². The predicted molar refractivity (Wildman–Crippen MR) is 97.8 cm³/mol. The van der Waals surface area contributed by atoms with Gasteiger partial charge in [0.2, 0.25) is 0 Å². The number of rotatable bonds is 17. The van der Waals surface area contributed by atoms with Crippen molar-refractivity contribution in [3.8, 4) is 0 Å². The van der Waals surface area contributed by atoms with Crippen LogP contribution in [0.15, 0.2) is 0 Å². The highest BCUT2D eigenvalue weighted by atomic mass is 32.2. The van der Waals surface area contributed by atoms with Gasteiger partial charge in [-0.15, -0.1) is 0 Å². The summed E-state index contributed by atoms with van der Waals surface area (Å²) in [6, 6.07) is 0. The number of carbonyl (C=O) groups is 2. The van der Waals surface area contributed by atoms with Crippen LogP contribution in [0.5, 0.6) is 0 Å². The predicted octanol–water partition coefficient (Wildman–Crippen LogP) is 4.43. The average molecular weight is 379 g/mol. The molecule has 0 aromatic carbocycles. The molecule has 25 heavy (non-hydrogen) atoms. The third-order valence-electron chi connectivity index (χ3n) is 4.01. The summed E-state index contributed by atoms with van der Waals surface area (Å²) in [6.45, 7) is 2.22. The summed E-state index contributed by atoms with van der Waals surface area (Å²) in [5, 5.41) is 8.43. The second-order valence-corrected chi connectivity index (χ2v) is 8.19. The third-order valence-corrected chi connectivity index (χ3v) is 5.24. The average Bonchev–Trinajstić information content (AvgIpc) is 2.53. The summed E-state index contributed by atoms with van der Waals surface area (Å²) < 4.78 is 27.5. The minimum atomic E-state index is -3.88. The van der Waals surface area contributed by atoms with Crippen LogP contribution in [0.25, 0.3) is 0 Å². The van der Waals surface area contributed by atoms with Crippen LogP contribution >= 0.6 is 0 Å². The van der Waals surface area contributed by atoms with Crippen molar-refractivity contribution >= 4 is 22.1 Å². The van der Waals surface area contributed by atoms with Gasteiger partial charge in [-0.05, 0) is 6.42 Å². The van der Waals surface area contributed by atoms with E-state index in [1.165, 1.54) is 51.4 Å². The van der Waals surface area contributed by atoms with Gasteiger partial charge in [0.1, 0.15) is 0 Å². The van der Waals surface area contributed by atoms with E-state index in [1.807, 2.05) is 0 Å². The molecule has 0 aliphatic carbocycles. The Kier molecular flexibility index (Phi) is 14.5. The molecule has 1 N–H and O–H groups in total. The maximum Gasteiger partial charge on any atom is 0.322 e. The van der Waals surface area contributed by atoms with Crippen molar-refractivity contribution in [1.29, 1.82) is 0 Å². The second-order valence-electron chi connectivity index (χ2n) is 6.50. The molecule has 0 unspecified atom stereocenters. The van der Waals surface area contributed by atoms with Crippen LogP contribution in [0, 0.1) is 0 Å². The third kappa shape index (κ3) is 17.5. The largest absolute Gasteiger partial charge is 0.481 e. The molecule has 0 atom stereocenters. The molecule has 0 saturated heterocycles.